The van der Waals surface area contributed by atoms with Gasteiger partial charge in [0.15, 0.2) is 0 Å². The Labute approximate surface area is 88.6 Å². The highest BCUT2D eigenvalue weighted by atomic mass is 32.1. The number of carbonyl (C=O) groups is 1. The number of thiol groups is 1. The first-order chi connectivity index (χ1) is 6.74. The fourth-order valence-corrected chi connectivity index (χ4v) is 1.35. The van der Waals surface area contributed by atoms with E-state index in [1.807, 2.05) is 30.3 Å². The molecule has 0 saturated heterocycles. The fourth-order valence-electron chi connectivity index (χ4n) is 1.07. The summed E-state index contributed by atoms with van der Waals surface area (Å²) in [6.45, 7) is 0.554. The molecule has 0 aliphatic rings. The SMILES string of the molecule is O=C(O)[C@H](CS)NCc1ccccc1. The lowest BCUT2D eigenvalue weighted by Crippen LogP contribution is -2.37. The molecule has 0 bridgehead atoms. The molecule has 3 nitrogen and oxygen atoms in total. The molecule has 0 aliphatic heterocycles. The van der Waals surface area contributed by atoms with Crippen molar-refractivity contribution in [3.05, 3.63) is 35.9 Å². The Hall–Kier alpha value is -1.00. The normalized spacial score (nSPS) is 12.4. The van der Waals surface area contributed by atoms with Crippen molar-refractivity contribution in [2.45, 2.75) is 12.6 Å². The first-order valence-electron chi connectivity index (χ1n) is 4.35. The lowest BCUT2D eigenvalue weighted by molar-refractivity contribution is -0.138. The average molecular weight is 211 g/mol. The second-order valence-corrected chi connectivity index (χ2v) is 3.31. The molecule has 1 aromatic rings. The van der Waals surface area contributed by atoms with Crippen LogP contribution in [0, 0.1) is 0 Å². The Morgan fingerprint density at radius 3 is 2.57 bits per heavy atom. The molecule has 14 heavy (non-hydrogen) atoms. The highest BCUT2D eigenvalue weighted by Crippen LogP contribution is 1.99. The zero-order valence-electron chi connectivity index (χ0n) is 7.68. The van der Waals surface area contributed by atoms with Gasteiger partial charge in [0.2, 0.25) is 0 Å². The Morgan fingerprint density at radius 1 is 1.43 bits per heavy atom. The molecule has 0 amide bonds. The maximum absolute atomic E-state index is 10.6. The van der Waals surface area contributed by atoms with Crippen LogP contribution in [0.4, 0.5) is 0 Å². The van der Waals surface area contributed by atoms with Gasteiger partial charge >= 0.3 is 5.97 Å². The van der Waals surface area contributed by atoms with Gasteiger partial charge in [0.1, 0.15) is 6.04 Å². The monoisotopic (exact) mass is 211 g/mol. The van der Waals surface area contributed by atoms with Gasteiger partial charge < -0.3 is 5.11 Å². The van der Waals surface area contributed by atoms with Gasteiger partial charge in [0.25, 0.3) is 0 Å². The summed E-state index contributed by atoms with van der Waals surface area (Å²) < 4.78 is 0. The van der Waals surface area contributed by atoms with Crippen LogP contribution >= 0.6 is 12.6 Å². The van der Waals surface area contributed by atoms with Crippen LogP contribution in [-0.2, 0) is 11.3 Å². The minimum Gasteiger partial charge on any atom is -0.480 e. The van der Waals surface area contributed by atoms with E-state index in [0.717, 1.165) is 5.56 Å². The van der Waals surface area contributed by atoms with Gasteiger partial charge in [-0.3, -0.25) is 10.1 Å². The van der Waals surface area contributed by atoms with Crippen LogP contribution in [-0.4, -0.2) is 22.9 Å². The van der Waals surface area contributed by atoms with Crippen LogP contribution in [0.25, 0.3) is 0 Å². The quantitative estimate of drug-likeness (QED) is 0.641. The topological polar surface area (TPSA) is 49.3 Å². The lowest BCUT2D eigenvalue weighted by atomic mass is 10.2. The lowest BCUT2D eigenvalue weighted by Gasteiger charge is -2.11. The van der Waals surface area contributed by atoms with Crippen LogP contribution in [0.5, 0.6) is 0 Å². The van der Waals surface area contributed by atoms with Crippen LogP contribution < -0.4 is 5.32 Å². The number of benzene rings is 1. The number of hydrogen-bond acceptors (Lipinski definition) is 3. The summed E-state index contributed by atoms with van der Waals surface area (Å²) in [7, 11) is 0. The molecular formula is C10H13NO2S. The van der Waals surface area contributed by atoms with Gasteiger partial charge in [-0.2, -0.15) is 12.6 Å². The van der Waals surface area contributed by atoms with E-state index in [4.69, 9.17) is 5.11 Å². The van der Waals surface area contributed by atoms with E-state index in [0.29, 0.717) is 12.3 Å². The molecule has 0 aromatic heterocycles. The summed E-state index contributed by atoms with van der Waals surface area (Å²) >= 11 is 3.96. The predicted molar refractivity (Wildman–Crippen MR) is 58.6 cm³/mol. The van der Waals surface area contributed by atoms with E-state index in [9.17, 15) is 4.79 Å². The summed E-state index contributed by atoms with van der Waals surface area (Å²) in [6.07, 6.45) is 0. The van der Waals surface area contributed by atoms with E-state index >= 15 is 0 Å². The number of aliphatic carboxylic acids is 1. The predicted octanol–water partition coefficient (Wildman–Crippen LogP) is 1.16. The Morgan fingerprint density at radius 2 is 2.07 bits per heavy atom. The number of hydrogen-bond donors (Lipinski definition) is 3. The van der Waals surface area contributed by atoms with Crippen LogP contribution in [0.2, 0.25) is 0 Å². The minimum absolute atomic E-state index is 0.294. The smallest absolute Gasteiger partial charge is 0.321 e. The summed E-state index contributed by atoms with van der Waals surface area (Å²) in [5, 5.41) is 11.6. The van der Waals surface area contributed by atoms with Crippen molar-refractivity contribution in [3.63, 3.8) is 0 Å². The molecule has 1 rings (SSSR count). The molecule has 0 spiro atoms. The molecule has 2 N–H and O–H groups in total. The third-order valence-corrected chi connectivity index (χ3v) is 2.24. The van der Waals surface area contributed by atoms with Crippen LogP contribution in [0.3, 0.4) is 0 Å². The van der Waals surface area contributed by atoms with Crippen molar-refractivity contribution in [1.29, 1.82) is 0 Å². The maximum Gasteiger partial charge on any atom is 0.321 e. The van der Waals surface area contributed by atoms with E-state index in [1.165, 1.54) is 0 Å². The van der Waals surface area contributed by atoms with Crippen molar-refractivity contribution < 1.29 is 9.90 Å². The van der Waals surface area contributed by atoms with Crippen molar-refractivity contribution >= 4 is 18.6 Å². The van der Waals surface area contributed by atoms with Gasteiger partial charge in [-0.25, -0.2) is 0 Å². The fraction of sp³-hybridized carbons (Fsp3) is 0.300. The van der Waals surface area contributed by atoms with Gasteiger partial charge in [-0.1, -0.05) is 30.3 Å². The second kappa shape index (κ2) is 5.67. The highest BCUT2D eigenvalue weighted by molar-refractivity contribution is 7.80. The Balaban J connectivity index is 2.44. The molecule has 0 saturated carbocycles. The molecule has 0 radical (unpaired) electrons. The van der Waals surface area contributed by atoms with E-state index in [2.05, 4.69) is 17.9 Å². The van der Waals surface area contributed by atoms with Crippen molar-refractivity contribution in [2.75, 3.05) is 5.75 Å². The van der Waals surface area contributed by atoms with Gasteiger partial charge in [-0.15, -0.1) is 0 Å². The molecule has 0 unspecified atom stereocenters. The first-order valence-corrected chi connectivity index (χ1v) is 4.98. The minimum atomic E-state index is -0.865. The van der Waals surface area contributed by atoms with Crippen molar-refractivity contribution in [3.8, 4) is 0 Å². The average Bonchev–Trinajstić information content (AvgIpc) is 2.20. The van der Waals surface area contributed by atoms with Gasteiger partial charge in [0.05, 0.1) is 0 Å². The van der Waals surface area contributed by atoms with Gasteiger partial charge in [0, 0.05) is 12.3 Å². The number of carboxylic acids is 1. The maximum atomic E-state index is 10.6. The molecular weight excluding hydrogens is 198 g/mol. The van der Waals surface area contributed by atoms with Crippen LogP contribution in [0.1, 0.15) is 5.56 Å². The van der Waals surface area contributed by atoms with E-state index < -0.39 is 12.0 Å². The molecule has 4 heteroatoms. The van der Waals surface area contributed by atoms with E-state index in [1.54, 1.807) is 0 Å². The summed E-state index contributed by atoms with van der Waals surface area (Å²) in [5.41, 5.74) is 1.07. The number of rotatable bonds is 5. The van der Waals surface area contributed by atoms with Gasteiger partial charge in [-0.05, 0) is 5.56 Å². The van der Waals surface area contributed by atoms with Crippen LogP contribution in [0.15, 0.2) is 30.3 Å². The Kier molecular flexibility index (Phi) is 4.49. The zero-order chi connectivity index (χ0) is 10.4. The molecule has 1 aromatic carbocycles. The van der Waals surface area contributed by atoms with Crippen molar-refractivity contribution in [2.24, 2.45) is 0 Å². The number of carboxylic acid groups (broad SMARTS) is 1. The second-order valence-electron chi connectivity index (χ2n) is 2.94. The highest BCUT2D eigenvalue weighted by Gasteiger charge is 2.13. The first kappa shape index (κ1) is 11.1. The number of nitrogens with one attached hydrogen (secondary N) is 1. The third-order valence-electron chi connectivity index (χ3n) is 1.88. The summed E-state index contributed by atoms with van der Waals surface area (Å²) in [4.78, 5) is 10.6. The molecule has 76 valence electrons. The molecule has 0 fully saturated rings. The third kappa shape index (κ3) is 3.40. The Bertz CT molecular complexity index is 289. The molecule has 0 aliphatic carbocycles. The van der Waals surface area contributed by atoms with Crippen molar-refractivity contribution in [1.82, 2.24) is 5.32 Å². The summed E-state index contributed by atoms with van der Waals surface area (Å²) in [5.74, 6) is -0.571. The molecule has 1 atom stereocenters. The standard InChI is InChI=1S/C10H13NO2S/c12-10(13)9(7-14)11-6-8-4-2-1-3-5-8/h1-5,9,11,14H,6-7H2,(H,12,13)/t9-/m0/s1. The molecule has 0 heterocycles. The van der Waals surface area contributed by atoms with E-state index in [-0.39, 0.29) is 0 Å². The zero-order valence-corrected chi connectivity index (χ0v) is 8.58. The summed E-state index contributed by atoms with van der Waals surface area (Å²) in [6, 6.07) is 9.09. The largest absolute Gasteiger partial charge is 0.480 e.